The second kappa shape index (κ2) is 9.70. The van der Waals surface area contributed by atoms with Crippen LogP contribution in [0.5, 0.6) is 0 Å². The first-order valence-corrected chi connectivity index (χ1v) is 8.60. The molecule has 0 radical (unpaired) electrons. The van der Waals surface area contributed by atoms with Crippen LogP contribution in [0.25, 0.3) is 6.08 Å². The predicted octanol–water partition coefficient (Wildman–Crippen LogP) is 2.93. The van der Waals surface area contributed by atoms with E-state index in [1.54, 1.807) is 30.3 Å². The van der Waals surface area contributed by atoms with Gasteiger partial charge in [-0.05, 0) is 48.5 Å². The Hall–Kier alpha value is -2.70. The van der Waals surface area contributed by atoms with E-state index in [1.807, 2.05) is 31.2 Å². The maximum absolute atomic E-state index is 11.8. The number of benzene rings is 2. The molecule has 2 amide bonds. The number of aryl methyl sites for hydroxylation is 1. The van der Waals surface area contributed by atoms with Crippen molar-refractivity contribution in [2.24, 2.45) is 0 Å². The normalized spacial score (nSPS) is 10.4. The monoisotopic (exact) mass is 387 g/mol. The summed E-state index contributed by atoms with van der Waals surface area (Å²) in [6.45, 7) is 1.99. The summed E-state index contributed by atoms with van der Waals surface area (Å²) in [5.41, 5.74) is 7.78. The minimum absolute atomic E-state index is 0.00742. The highest BCUT2D eigenvalue weighted by Gasteiger charge is 2.05. The van der Waals surface area contributed by atoms with E-state index < -0.39 is 5.91 Å². The van der Waals surface area contributed by atoms with Crippen LogP contribution in [0.1, 0.15) is 16.7 Å². The molecule has 0 aliphatic heterocycles. The molecule has 3 N–H and O–H groups in total. The van der Waals surface area contributed by atoms with Gasteiger partial charge in [0.05, 0.1) is 6.42 Å². The summed E-state index contributed by atoms with van der Waals surface area (Å²) in [5, 5.41) is 3.06. The Morgan fingerprint density at radius 2 is 1.69 bits per heavy atom. The molecule has 0 atom stereocenters. The smallest absolute Gasteiger partial charge is 0.250 e. The van der Waals surface area contributed by atoms with E-state index in [1.165, 1.54) is 6.08 Å². The summed E-state index contributed by atoms with van der Waals surface area (Å²) < 4.78 is 0. The highest BCUT2D eigenvalue weighted by atomic mass is 35.5. The van der Waals surface area contributed by atoms with Gasteiger partial charge in [0.25, 0.3) is 0 Å². The molecule has 0 unspecified atom stereocenters. The topological polar surface area (TPSA) is 70.2 Å². The summed E-state index contributed by atoms with van der Waals surface area (Å²) in [5.74, 6) is -0.686. The Labute approximate surface area is 162 Å². The van der Waals surface area contributed by atoms with Crippen molar-refractivity contribution in [1.29, 1.82) is 0 Å². The molecule has 0 aromatic heterocycles. The molecule has 2 aromatic carbocycles. The molecule has 2 aromatic rings. The van der Waals surface area contributed by atoms with Crippen molar-refractivity contribution in [2.75, 3.05) is 0 Å². The molecule has 2 rings (SSSR count). The number of hydrogen-bond donors (Lipinski definition) is 3. The van der Waals surface area contributed by atoms with Crippen LogP contribution >= 0.6 is 23.8 Å². The summed E-state index contributed by atoms with van der Waals surface area (Å²) in [6.07, 6.45) is 3.21. The van der Waals surface area contributed by atoms with Crippen molar-refractivity contribution >= 4 is 46.8 Å². The van der Waals surface area contributed by atoms with Gasteiger partial charge in [-0.2, -0.15) is 0 Å². The summed E-state index contributed by atoms with van der Waals surface area (Å²) in [4.78, 5) is 23.6. The van der Waals surface area contributed by atoms with Crippen LogP contribution in [-0.4, -0.2) is 16.9 Å². The fraction of sp³-hybridized carbons (Fsp3) is 0.105. The highest BCUT2D eigenvalue weighted by molar-refractivity contribution is 7.80. The second-order valence-corrected chi connectivity index (χ2v) is 6.38. The second-order valence-electron chi connectivity index (χ2n) is 5.54. The SMILES string of the molecule is Cc1ccc(C=CC(=O)NC(=S)NNC(=O)Cc2ccc(Cl)cc2)cc1. The third kappa shape index (κ3) is 7.04. The molecule has 5 nitrogen and oxygen atoms in total. The fourth-order valence-electron chi connectivity index (χ4n) is 1.99. The summed E-state index contributed by atoms with van der Waals surface area (Å²) in [7, 11) is 0. The van der Waals surface area contributed by atoms with Crippen LogP contribution in [0.15, 0.2) is 54.6 Å². The Balaban J connectivity index is 1.73. The van der Waals surface area contributed by atoms with Crippen molar-refractivity contribution in [3.63, 3.8) is 0 Å². The number of thiocarbonyl (C=S) groups is 1. The average Bonchev–Trinajstić information content (AvgIpc) is 2.61. The van der Waals surface area contributed by atoms with Crippen LogP contribution in [0.2, 0.25) is 5.02 Å². The van der Waals surface area contributed by atoms with Gasteiger partial charge in [-0.25, -0.2) is 0 Å². The van der Waals surface area contributed by atoms with Crippen LogP contribution in [0.4, 0.5) is 0 Å². The molecule has 134 valence electrons. The maximum Gasteiger partial charge on any atom is 0.250 e. The number of hydrazine groups is 1. The van der Waals surface area contributed by atoms with Crippen LogP contribution in [-0.2, 0) is 16.0 Å². The molecule has 0 saturated heterocycles. The number of amides is 2. The molecular weight excluding hydrogens is 370 g/mol. The molecule has 7 heteroatoms. The zero-order valence-corrected chi connectivity index (χ0v) is 15.7. The van der Waals surface area contributed by atoms with E-state index in [2.05, 4.69) is 16.2 Å². The van der Waals surface area contributed by atoms with Crippen molar-refractivity contribution < 1.29 is 9.59 Å². The van der Waals surface area contributed by atoms with Gasteiger partial charge in [0.15, 0.2) is 5.11 Å². The average molecular weight is 388 g/mol. The number of carbonyl (C=O) groups excluding carboxylic acids is 2. The van der Waals surface area contributed by atoms with Crippen LogP contribution in [0.3, 0.4) is 0 Å². The number of halogens is 1. The van der Waals surface area contributed by atoms with Crippen LogP contribution < -0.4 is 16.2 Å². The number of carbonyl (C=O) groups is 2. The summed E-state index contributed by atoms with van der Waals surface area (Å²) >= 11 is 10.8. The first-order chi connectivity index (χ1) is 12.4. The predicted molar refractivity (Wildman–Crippen MR) is 107 cm³/mol. The third-order valence-electron chi connectivity index (χ3n) is 3.33. The molecule has 0 heterocycles. The lowest BCUT2D eigenvalue weighted by molar-refractivity contribution is -0.121. The molecule has 0 saturated carbocycles. The zero-order valence-electron chi connectivity index (χ0n) is 14.1. The van der Waals surface area contributed by atoms with E-state index in [4.69, 9.17) is 23.8 Å². The molecule has 0 fully saturated rings. The molecule has 0 aliphatic carbocycles. The number of hydrogen-bond acceptors (Lipinski definition) is 3. The zero-order chi connectivity index (χ0) is 18.9. The number of rotatable bonds is 4. The van der Waals surface area contributed by atoms with Gasteiger partial charge in [0.1, 0.15) is 0 Å². The highest BCUT2D eigenvalue weighted by Crippen LogP contribution is 2.09. The Kier molecular flexibility index (Phi) is 7.32. The van der Waals surface area contributed by atoms with E-state index in [9.17, 15) is 9.59 Å². The van der Waals surface area contributed by atoms with E-state index in [0.717, 1.165) is 16.7 Å². The minimum atomic E-state index is -0.393. The first kappa shape index (κ1) is 19.6. The molecule has 26 heavy (non-hydrogen) atoms. The Morgan fingerprint density at radius 1 is 1.04 bits per heavy atom. The van der Waals surface area contributed by atoms with Crippen molar-refractivity contribution in [2.45, 2.75) is 13.3 Å². The number of nitrogens with one attached hydrogen (secondary N) is 3. The molecule has 0 aliphatic rings. The van der Waals surface area contributed by atoms with Crippen molar-refractivity contribution in [1.82, 2.24) is 16.2 Å². The van der Waals surface area contributed by atoms with E-state index in [0.29, 0.717) is 5.02 Å². The van der Waals surface area contributed by atoms with Gasteiger partial charge in [0.2, 0.25) is 11.8 Å². The lowest BCUT2D eigenvalue weighted by Crippen LogP contribution is -2.48. The lowest BCUT2D eigenvalue weighted by atomic mass is 10.1. The lowest BCUT2D eigenvalue weighted by Gasteiger charge is -2.09. The Bertz CT molecular complexity index is 818. The van der Waals surface area contributed by atoms with Gasteiger partial charge in [-0.3, -0.25) is 25.8 Å². The van der Waals surface area contributed by atoms with Gasteiger partial charge in [-0.15, -0.1) is 0 Å². The van der Waals surface area contributed by atoms with Gasteiger partial charge >= 0.3 is 0 Å². The van der Waals surface area contributed by atoms with Gasteiger partial charge < -0.3 is 0 Å². The quantitative estimate of drug-likeness (QED) is 0.428. The van der Waals surface area contributed by atoms with Crippen LogP contribution in [0, 0.1) is 6.92 Å². The molecule has 0 bridgehead atoms. The molecule has 0 spiro atoms. The van der Waals surface area contributed by atoms with Crippen molar-refractivity contribution in [3.8, 4) is 0 Å². The van der Waals surface area contributed by atoms with E-state index in [-0.39, 0.29) is 17.4 Å². The van der Waals surface area contributed by atoms with Gasteiger partial charge in [-0.1, -0.05) is 53.6 Å². The standard InChI is InChI=1S/C19H18ClN3O2S/c1-13-2-4-14(5-3-13)8-11-17(24)21-19(26)23-22-18(25)12-15-6-9-16(20)10-7-15/h2-11H,12H2,1H3,(H,22,25)(H2,21,23,24,26). The summed E-state index contributed by atoms with van der Waals surface area (Å²) in [6, 6.07) is 14.7. The fourth-order valence-corrected chi connectivity index (χ4v) is 2.27. The first-order valence-electron chi connectivity index (χ1n) is 7.81. The van der Waals surface area contributed by atoms with Gasteiger partial charge in [0, 0.05) is 11.1 Å². The molecular formula is C19H18ClN3O2S. The van der Waals surface area contributed by atoms with Crippen molar-refractivity contribution in [3.05, 3.63) is 76.3 Å². The Morgan fingerprint density at radius 3 is 2.35 bits per heavy atom. The third-order valence-corrected chi connectivity index (χ3v) is 3.79. The largest absolute Gasteiger partial charge is 0.298 e. The minimum Gasteiger partial charge on any atom is -0.298 e. The van der Waals surface area contributed by atoms with E-state index >= 15 is 0 Å². The maximum atomic E-state index is 11.8.